The van der Waals surface area contributed by atoms with Crippen LogP contribution in [0.2, 0.25) is 5.02 Å². The molecule has 1 unspecified atom stereocenters. The molecule has 0 spiro atoms. The average Bonchev–Trinajstić information content (AvgIpc) is 2.43. The van der Waals surface area contributed by atoms with Gasteiger partial charge in [0.25, 0.3) is 0 Å². The molecule has 2 N–H and O–H groups in total. The molecule has 0 aliphatic carbocycles. The first kappa shape index (κ1) is 17.0. The summed E-state index contributed by atoms with van der Waals surface area (Å²) in [7, 11) is -1.78. The van der Waals surface area contributed by atoms with Crippen molar-refractivity contribution in [1.29, 1.82) is 0 Å². The summed E-state index contributed by atoms with van der Waals surface area (Å²) in [5.41, 5.74) is 0.389. The predicted octanol–water partition coefficient (Wildman–Crippen LogP) is 2.83. The zero-order valence-electron chi connectivity index (χ0n) is 11.8. The molecule has 21 heavy (non-hydrogen) atoms. The Balaban J connectivity index is 2.22. The van der Waals surface area contributed by atoms with E-state index in [1.807, 2.05) is 7.05 Å². The van der Waals surface area contributed by atoms with E-state index in [1.165, 1.54) is 4.31 Å². The maximum Gasteiger partial charge on any atom is 0.301 e. The molecule has 1 fully saturated rings. The Hall–Kier alpha value is -0.340. The van der Waals surface area contributed by atoms with Crippen molar-refractivity contribution in [1.82, 2.24) is 9.62 Å². The predicted molar refractivity (Wildman–Crippen MR) is 90.0 cm³/mol. The van der Waals surface area contributed by atoms with Crippen molar-refractivity contribution in [3.05, 3.63) is 27.7 Å². The standard InChI is InChI=1S/C13H19BrClN3O2S/c1-16-9-11-4-2-3-7-18(11)21(19,20)17-13-8-10(14)5-6-12(13)15/h5-6,8,11,16-17H,2-4,7,9H2,1H3. The van der Waals surface area contributed by atoms with Gasteiger partial charge in [-0.1, -0.05) is 34.0 Å². The van der Waals surface area contributed by atoms with Crippen LogP contribution in [-0.2, 0) is 10.2 Å². The lowest BCUT2D eigenvalue weighted by Gasteiger charge is -2.34. The van der Waals surface area contributed by atoms with Crippen LogP contribution in [0.4, 0.5) is 5.69 Å². The third-order valence-corrected chi connectivity index (χ3v) is 5.89. The molecule has 0 aromatic heterocycles. The topological polar surface area (TPSA) is 61.4 Å². The number of anilines is 1. The first-order chi connectivity index (χ1) is 9.94. The number of halogens is 2. The van der Waals surface area contributed by atoms with Crippen molar-refractivity contribution in [2.75, 3.05) is 24.9 Å². The second kappa shape index (κ2) is 7.28. The Morgan fingerprint density at radius 2 is 2.19 bits per heavy atom. The van der Waals surface area contributed by atoms with Crippen LogP contribution >= 0.6 is 27.5 Å². The van der Waals surface area contributed by atoms with Gasteiger partial charge in [-0.3, -0.25) is 4.72 Å². The molecule has 1 saturated heterocycles. The molecule has 1 aromatic rings. The highest BCUT2D eigenvalue weighted by atomic mass is 79.9. The smallest absolute Gasteiger partial charge is 0.301 e. The molecule has 5 nitrogen and oxygen atoms in total. The second-order valence-corrected chi connectivity index (χ2v) is 8.00. The number of nitrogens with zero attached hydrogens (tertiary/aromatic N) is 1. The van der Waals surface area contributed by atoms with Crippen molar-refractivity contribution in [3.63, 3.8) is 0 Å². The van der Waals surface area contributed by atoms with Crippen molar-refractivity contribution in [2.24, 2.45) is 0 Å². The molecular formula is C13H19BrClN3O2S. The van der Waals surface area contributed by atoms with E-state index < -0.39 is 10.2 Å². The Morgan fingerprint density at radius 1 is 1.43 bits per heavy atom. The van der Waals surface area contributed by atoms with E-state index in [1.54, 1.807) is 18.2 Å². The van der Waals surface area contributed by atoms with Crippen molar-refractivity contribution >= 4 is 43.4 Å². The van der Waals surface area contributed by atoms with Gasteiger partial charge in [-0.25, -0.2) is 0 Å². The van der Waals surface area contributed by atoms with Crippen LogP contribution in [0, 0.1) is 0 Å². The van der Waals surface area contributed by atoms with Gasteiger partial charge < -0.3 is 5.32 Å². The SMILES string of the molecule is CNCC1CCCCN1S(=O)(=O)Nc1cc(Br)ccc1Cl. The van der Waals surface area contributed by atoms with Gasteiger partial charge in [0, 0.05) is 23.6 Å². The molecule has 0 bridgehead atoms. The van der Waals surface area contributed by atoms with Gasteiger partial charge in [-0.2, -0.15) is 12.7 Å². The highest BCUT2D eigenvalue weighted by molar-refractivity contribution is 9.10. The Morgan fingerprint density at radius 3 is 2.90 bits per heavy atom. The van der Waals surface area contributed by atoms with E-state index in [0.717, 1.165) is 23.7 Å². The van der Waals surface area contributed by atoms with Crippen LogP contribution in [0.3, 0.4) is 0 Å². The van der Waals surface area contributed by atoms with Gasteiger partial charge in [-0.15, -0.1) is 0 Å². The number of hydrogen-bond donors (Lipinski definition) is 2. The lowest BCUT2D eigenvalue weighted by molar-refractivity contribution is 0.250. The fourth-order valence-electron chi connectivity index (χ4n) is 2.50. The maximum atomic E-state index is 12.6. The van der Waals surface area contributed by atoms with Gasteiger partial charge in [0.2, 0.25) is 0 Å². The number of hydrogen-bond acceptors (Lipinski definition) is 3. The minimum Gasteiger partial charge on any atom is -0.318 e. The monoisotopic (exact) mass is 395 g/mol. The lowest BCUT2D eigenvalue weighted by Crippen LogP contribution is -2.49. The van der Waals surface area contributed by atoms with Crippen molar-refractivity contribution < 1.29 is 8.42 Å². The third-order valence-electron chi connectivity index (χ3n) is 3.49. The number of piperidine rings is 1. The summed E-state index contributed by atoms with van der Waals surface area (Å²) in [4.78, 5) is 0. The van der Waals surface area contributed by atoms with E-state index in [0.29, 0.717) is 23.8 Å². The third kappa shape index (κ3) is 4.32. The molecule has 1 atom stereocenters. The summed E-state index contributed by atoms with van der Waals surface area (Å²) in [5.74, 6) is 0. The molecule has 1 aliphatic rings. The highest BCUT2D eigenvalue weighted by Crippen LogP contribution is 2.28. The van der Waals surface area contributed by atoms with Gasteiger partial charge in [0.1, 0.15) is 0 Å². The van der Waals surface area contributed by atoms with E-state index >= 15 is 0 Å². The lowest BCUT2D eigenvalue weighted by atomic mass is 10.1. The molecule has 118 valence electrons. The van der Waals surface area contributed by atoms with Crippen LogP contribution in [0.15, 0.2) is 22.7 Å². The van der Waals surface area contributed by atoms with Gasteiger partial charge in [0.15, 0.2) is 0 Å². The summed E-state index contributed by atoms with van der Waals surface area (Å²) >= 11 is 9.38. The molecule has 2 rings (SSSR count). The first-order valence-electron chi connectivity index (χ1n) is 6.83. The molecule has 1 heterocycles. The number of likely N-dealkylation sites (N-methyl/N-ethyl adjacent to an activating group) is 1. The minimum absolute atomic E-state index is 0.0211. The fraction of sp³-hybridized carbons (Fsp3) is 0.538. The molecule has 0 radical (unpaired) electrons. The molecule has 1 aromatic carbocycles. The zero-order valence-corrected chi connectivity index (χ0v) is 14.9. The number of nitrogens with one attached hydrogen (secondary N) is 2. The van der Waals surface area contributed by atoms with Crippen LogP contribution in [0.5, 0.6) is 0 Å². The van der Waals surface area contributed by atoms with Crippen LogP contribution < -0.4 is 10.0 Å². The average molecular weight is 397 g/mol. The van der Waals surface area contributed by atoms with Gasteiger partial charge >= 0.3 is 10.2 Å². The normalized spacial score (nSPS) is 20.4. The van der Waals surface area contributed by atoms with E-state index in [2.05, 4.69) is 26.0 Å². The van der Waals surface area contributed by atoms with Crippen LogP contribution in [0.1, 0.15) is 19.3 Å². The Bertz CT molecular complexity index is 595. The Kier molecular flexibility index (Phi) is 5.90. The Labute approximate surface area is 139 Å². The van der Waals surface area contributed by atoms with Crippen LogP contribution in [0.25, 0.3) is 0 Å². The summed E-state index contributed by atoms with van der Waals surface area (Å²) in [5, 5.41) is 3.44. The summed E-state index contributed by atoms with van der Waals surface area (Å²) in [6.45, 7) is 1.18. The van der Waals surface area contributed by atoms with Gasteiger partial charge in [-0.05, 0) is 38.1 Å². The van der Waals surface area contributed by atoms with Crippen LogP contribution in [-0.4, -0.2) is 38.9 Å². The summed E-state index contributed by atoms with van der Waals surface area (Å²) in [6, 6.07) is 5.07. The van der Waals surface area contributed by atoms with E-state index in [9.17, 15) is 8.42 Å². The molecule has 8 heteroatoms. The van der Waals surface area contributed by atoms with Crippen molar-refractivity contribution in [3.8, 4) is 0 Å². The largest absolute Gasteiger partial charge is 0.318 e. The van der Waals surface area contributed by atoms with E-state index in [4.69, 9.17) is 11.6 Å². The fourth-order valence-corrected chi connectivity index (χ4v) is 4.59. The van der Waals surface area contributed by atoms with Gasteiger partial charge in [0.05, 0.1) is 10.7 Å². The van der Waals surface area contributed by atoms with E-state index in [-0.39, 0.29) is 6.04 Å². The zero-order chi connectivity index (χ0) is 15.5. The number of rotatable bonds is 5. The number of benzene rings is 1. The summed E-state index contributed by atoms with van der Waals surface area (Å²) in [6.07, 6.45) is 2.80. The van der Waals surface area contributed by atoms with Crippen molar-refractivity contribution in [2.45, 2.75) is 25.3 Å². The molecule has 1 aliphatic heterocycles. The summed E-state index contributed by atoms with van der Waals surface area (Å²) < 4.78 is 30.1. The second-order valence-electron chi connectivity index (χ2n) is 5.05. The maximum absolute atomic E-state index is 12.6. The molecule has 0 amide bonds. The quantitative estimate of drug-likeness (QED) is 0.804. The first-order valence-corrected chi connectivity index (χ1v) is 9.44. The molecule has 0 saturated carbocycles. The highest BCUT2D eigenvalue weighted by Gasteiger charge is 2.32. The minimum atomic E-state index is -3.61. The molecular weight excluding hydrogens is 378 g/mol.